The lowest BCUT2D eigenvalue weighted by Gasteiger charge is -2.43. The van der Waals surface area contributed by atoms with Gasteiger partial charge in [0.15, 0.2) is 0 Å². The fourth-order valence-corrected chi connectivity index (χ4v) is 2.73. The number of carbonyl (C=O) groups is 1. The molecule has 6 nitrogen and oxygen atoms in total. The van der Waals surface area contributed by atoms with Crippen LogP contribution < -0.4 is 5.32 Å². The Labute approximate surface area is 116 Å². The van der Waals surface area contributed by atoms with Crippen molar-refractivity contribution < 1.29 is 24.9 Å². The van der Waals surface area contributed by atoms with E-state index in [1.54, 1.807) is 13.2 Å². The third-order valence-electron chi connectivity index (χ3n) is 3.06. The van der Waals surface area contributed by atoms with E-state index in [1.807, 2.05) is 0 Å². The van der Waals surface area contributed by atoms with Crippen molar-refractivity contribution in [1.82, 2.24) is 5.32 Å². The maximum Gasteiger partial charge on any atom is 0.217 e. The fourth-order valence-electron chi connectivity index (χ4n) is 2.05. The van der Waals surface area contributed by atoms with Gasteiger partial charge in [0.1, 0.15) is 29.9 Å². The number of aliphatic hydroxyl groups excluding tert-OH is 3. The van der Waals surface area contributed by atoms with E-state index in [1.165, 1.54) is 18.7 Å². The first-order valence-electron chi connectivity index (χ1n) is 5.94. The van der Waals surface area contributed by atoms with Gasteiger partial charge in [-0.3, -0.25) is 4.79 Å². The molecule has 1 saturated heterocycles. The minimum absolute atomic E-state index is 0.287. The molecule has 110 valence electrons. The highest BCUT2D eigenvalue weighted by atomic mass is 32.2. The Kier molecular flexibility index (Phi) is 5.82. The number of hydrogen-bond acceptors (Lipinski definition) is 6. The van der Waals surface area contributed by atoms with E-state index in [-0.39, 0.29) is 5.91 Å². The van der Waals surface area contributed by atoms with Gasteiger partial charge in [-0.15, -0.1) is 11.8 Å². The lowest BCUT2D eigenvalue weighted by molar-refractivity contribution is -0.202. The van der Waals surface area contributed by atoms with E-state index in [9.17, 15) is 20.1 Å². The number of ether oxygens (including phenoxy) is 1. The van der Waals surface area contributed by atoms with Crippen molar-refractivity contribution in [2.24, 2.45) is 0 Å². The number of nitrogens with one attached hydrogen (secondary N) is 1. The number of aliphatic hydroxyl groups is 3. The van der Waals surface area contributed by atoms with Crippen LogP contribution in [-0.2, 0) is 9.53 Å². The summed E-state index contributed by atoms with van der Waals surface area (Å²) in [6.07, 6.45) is -2.93. The molecule has 1 heterocycles. The van der Waals surface area contributed by atoms with E-state index in [0.717, 1.165) is 0 Å². The van der Waals surface area contributed by atoms with Crippen molar-refractivity contribution in [1.29, 1.82) is 0 Å². The third kappa shape index (κ3) is 3.70. The first-order valence-corrected chi connectivity index (χ1v) is 7.23. The molecule has 0 aromatic carbocycles. The summed E-state index contributed by atoms with van der Waals surface area (Å²) >= 11 is 1.23. The van der Waals surface area contributed by atoms with Crippen molar-refractivity contribution in [2.75, 3.05) is 6.26 Å². The lowest BCUT2D eigenvalue weighted by Crippen LogP contribution is -2.62. The number of rotatable bonds is 4. The molecule has 1 aliphatic heterocycles. The van der Waals surface area contributed by atoms with Crippen molar-refractivity contribution >= 4 is 17.7 Å². The van der Waals surface area contributed by atoms with E-state index in [2.05, 4.69) is 11.9 Å². The Morgan fingerprint density at radius 3 is 2.26 bits per heavy atom. The van der Waals surface area contributed by atoms with Gasteiger partial charge in [-0.1, -0.05) is 12.2 Å². The highest BCUT2D eigenvalue weighted by Crippen LogP contribution is 2.29. The van der Waals surface area contributed by atoms with Gasteiger partial charge in [-0.05, 0) is 13.2 Å². The Bertz CT molecular complexity index is 349. The molecule has 0 spiro atoms. The molecule has 7 heteroatoms. The average molecular weight is 291 g/mol. The van der Waals surface area contributed by atoms with Gasteiger partial charge in [-0.2, -0.15) is 0 Å². The number of thioether (sulfide) groups is 1. The van der Waals surface area contributed by atoms with Crippen LogP contribution in [0.2, 0.25) is 0 Å². The van der Waals surface area contributed by atoms with Crippen LogP contribution in [-0.4, -0.2) is 63.4 Å². The molecular formula is C12H21NO5S. The summed E-state index contributed by atoms with van der Waals surface area (Å²) in [4.78, 5) is 11.2. The van der Waals surface area contributed by atoms with Crippen LogP contribution in [0.15, 0.2) is 12.2 Å². The van der Waals surface area contributed by atoms with E-state index in [0.29, 0.717) is 5.57 Å². The van der Waals surface area contributed by atoms with E-state index < -0.39 is 35.9 Å². The highest BCUT2D eigenvalue weighted by Gasteiger charge is 2.46. The van der Waals surface area contributed by atoms with Gasteiger partial charge in [0.2, 0.25) is 5.91 Å². The zero-order valence-electron chi connectivity index (χ0n) is 11.2. The van der Waals surface area contributed by atoms with Crippen molar-refractivity contribution in [3.05, 3.63) is 12.2 Å². The maximum atomic E-state index is 11.2. The number of amides is 1. The molecule has 0 radical (unpaired) electrons. The zero-order chi connectivity index (χ0) is 14.7. The Balaban J connectivity index is 2.94. The van der Waals surface area contributed by atoms with Gasteiger partial charge in [0.05, 0.1) is 6.04 Å². The largest absolute Gasteiger partial charge is 0.387 e. The highest BCUT2D eigenvalue weighted by molar-refractivity contribution is 7.99. The second-order valence-corrected chi connectivity index (χ2v) is 5.64. The Morgan fingerprint density at radius 1 is 1.26 bits per heavy atom. The third-order valence-corrected chi connectivity index (χ3v) is 3.91. The van der Waals surface area contributed by atoms with E-state index >= 15 is 0 Å². The number of carbonyl (C=O) groups excluding carboxylic acids is 1. The molecule has 1 rings (SSSR count). The smallest absolute Gasteiger partial charge is 0.217 e. The van der Waals surface area contributed by atoms with Crippen molar-refractivity contribution in [3.63, 3.8) is 0 Å². The van der Waals surface area contributed by atoms with Crippen LogP contribution in [0.5, 0.6) is 0 Å². The van der Waals surface area contributed by atoms with Crippen LogP contribution in [0.25, 0.3) is 0 Å². The summed E-state index contributed by atoms with van der Waals surface area (Å²) in [5.74, 6) is -0.287. The van der Waals surface area contributed by atoms with Gasteiger partial charge in [0.25, 0.3) is 0 Å². The lowest BCUT2D eigenvalue weighted by atomic mass is 9.91. The molecule has 0 aromatic heterocycles. The van der Waals surface area contributed by atoms with Crippen LogP contribution in [0.1, 0.15) is 13.8 Å². The molecule has 0 aromatic rings. The predicted octanol–water partition coefficient (Wildman–Crippen LogP) is -0.762. The number of hydrogen-bond donors (Lipinski definition) is 4. The van der Waals surface area contributed by atoms with Crippen LogP contribution in [0.4, 0.5) is 0 Å². The maximum absolute atomic E-state index is 11.2. The minimum Gasteiger partial charge on any atom is -0.387 e. The summed E-state index contributed by atoms with van der Waals surface area (Å²) in [5, 5.41) is 32.3. The average Bonchev–Trinajstić information content (AvgIpc) is 2.34. The van der Waals surface area contributed by atoms with Gasteiger partial charge in [-0.25, -0.2) is 0 Å². The summed E-state index contributed by atoms with van der Waals surface area (Å²) < 4.78 is 5.58. The summed E-state index contributed by atoms with van der Waals surface area (Å²) in [6.45, 7) is 6.80. The monoisotopic (exact) mass is 291 g/mol. The molecule has 1 aliphatic rings. The molecule has 1 amide bonds. The van der Waals surface area contributed by atoms with Gasteiger partial charge in [0, 0.05) is 6.92 Å². The SMILES string of the molecule is C=C(C)C(NC(C)=O)C1OC(SC)C(O)C(O)C1O. The second kappa shape index (κ2) is 6.71. The molecule has 4 N–H and O–H groups in total. The molecule has 0 aliphatic carbocycles. The predicted molar refractivity (Wildman–Crippen MR) is 72.6 cm³/mol. The molecule has 6 unspecified atom stereocenters. The first kappa shape index (κ1) is 16.5. The fraction of sp³-hybridized carbons (Fsp3) is 0.750. The van der Waals surface area contributed by atoms with Crippen LogP contribution in [0.3, 0.4) is 0 Å². The molecular weight excluding hydrogens is 270 g/mol. The molecule has 0 saturated carbocycles. The van der Waals surface area contributed by atoms with Crippen LogP contribution in [0, 0.1) is 0 Å². The quantitative estimate of drug-likeness (QED) is 0.508. The van der Waals surface area contributed by atoms with E-state index in [4.69, 9.17) is 4.74 Å². The minimum atomic E-state index is -1.33. The topological polar surface area (TPSA) is 99.0 Å². The van der Waals surface area contributed by atoms with Crippen molar-refractivity contribution in [3.8, 4) is 0 Å². The van der Waals surface area contributed by atoms with Gasteiger partial charge >= 0.3 is 0 Å². The molecule has 6 atom stereocenters. The summed E-state index contributed by atoms with van der Waals surface area (Å²) in [5.41, 5.74) is -0.0679. The summed E-state index contributed by atoms with van der Waals surface area (Å²) in [6, 6.07) is -0.621. The van der Waals surface area contributed by atoms with Crippen molar-refractivity contribution in [2.45, 2.75) is 49.7 Å². The Morgan fingerprint density at radius 2 is 1.84 bits per heavy atom. The molecule has 1 fully saturated rings. The standard InChI is InChI=1S/C12H21NO5S/c1-5(2)7(13-6(3)14)11-9(16)8(15)10(17)12(18-11)19-4/h7-12,15-17H,1H2,2-4H3,(H,13,14). The second-order valence-electron chi connectivity index (χ2n) is 4.70. The summed E-state index contributed by atoms with van der Waals surface area (Å²) in [7, 11) is 0. The zero-order valence-corrected chi connectivity index (χ0v) is 12.1. The van der Waals surface area contributed by atoms with Crippen LogP contribution >= 0.6 is 11.8 Å². The van der Waals surface area contributed by atoms with Gasteiger partial charge < -0.3 is 25.4 Å². The normalized spacial score (nSPS) is 36.6. The molecule has 0 bridgehead atoms. The Hall–Kier alpha value is -0.600. The first-order chi connectivity index (χ1) is 8.79. The molecule has 19 heavy (non-hydrogen) atoms.